The number of aryl methyl sites for hydroxylation is 3. The van der Waals surface area contributed by atoms with E-state index < -0.39 is 0 Å². The van der Waals surface area contributed by atoms with Crippen LogP contribution in [0.5, 0.6) is 0 Å². The van der Waals surface area contributed by atoms with E-state index in [0.29, 0.717) is 17.3 Å². The molecule has 0 saturated carbocycles. The van der Waals surface area contributed by atoms with Crippen molar-refractivity contribution in [3.8, 4) is 0 Å². The molecule has 2 aromatic heterocycles. The van der Waals surface area contributed by atoms with Gasteiger partial charge in [0.1, 0.15) is 5.76 Å². The fourth-order valence-corrected chi connectivity index (χ4v) is 2.71. The maximum Gasteiger partial charge on any atom is 0.291 e. The number of halogens is 1. The Bertz CT molecular complexity index is 940. The van der Waals surface area contributed by atoms with E-state index in [1.54, 1.807) is 16.8 Å². The molecule has 130 valence electrons. The Morgan fingerprint density at radius 2 is 1.92 bits per heavy atom. The predicted molar refractivity (Wildman–Crippen MR) is 98.4 cm³/mol. The zero-order chi connectivity index (χ0) is 18.1. The Balaban J connectivity index is 1.73. The molecule has 0 atom stereocenters. The standard InChI is InChI=1S/C19H20ClN3O2/c1-11-5-6-15(9-12(11)2)21-19(24)17-8-7-16(25-17)10-23-14(4)18(20)13(3)22-23/h5-9H,10H2,1-4H3,(H,21,24). The molecular weight excluding hydrogens is 338 g/mol. The van der Waals surface area contributed by atoms with Crippen LogP contribution in [0.4, 0.5) is 5.69 Å². The van der Waals surface area contributed by atoms with E-state index >= 15 is 0 Å². The summed E-state index contributed by atoms with van der Waals surface area (Å²) in [5.74, 6) is 0.634. The van der Waals surface area contributed by atoms with E-state index in [1.165, 1.54) is 5.56 Å². The van der Waals surface area contributed by atoms with Gasteiger partial charge in [0.05, 0.1) is 23.0 Å². The van der Waals surface area contributed by atoms with Crippen molar-refractivity contribution in [3.63, 3.8) is 0 Å². The molecule has 0 aliphatic heterocycles. The maximum atomic E-state index is 12.4. The number of hydrogen-bond donors (Lipinski definition) is 1. The minimum absolute atomic E-state index is 0.265. The van der Waals surface area contributed by atoms with Crippen molar-refractivity contribution >= 4 is 23.2 Å². The number of amides is 1. The van der Waals surface area contributed by atoms with Crippen molar-refractivity contribution in [2.75, 3.05) is 5.32 Å². The summed E-state index contributed by atoms with van der Waals surface area (Å²) in [5, 5.41) is 7.87. The molecule has 0 aliphatic rings. The molecule has 0 spiro atoms. The van der Waals surface area contributed by atoms with Gasteiger partial charge in [0.25, 0.3) is 5.91 Å². The third-order valence-corrected chi connectivity index (χ3v) is 4.80. The highest BCUT2D eigenvalue weighted by atomic mass is 35.5. The van der Waals surface area contributed by atoms with E-state index in [0.717, 1.165) is 22.6 Å². The molecule has 0 bridgehead atoms. The largest absolute Gasteiger partial charge is 0.454 e. The number of carbonyl (C=O) groups is 1. The molecule has 1 amide bonds. The number of nitrogens with zero attached hydrogens (tertiary/aromatic N) is 2. The van der Waals surface area contributed by atoms with Crippen molar-refractivity contribution in [2.24, 2.45) is 0 Å². The number of nitrogens with one attached hydrogen (secondary N) is 1. The quantitative estimate of drug-likeness (QED) is 0.738. The molecule has 6 heteroatoms. The van der Waals surface area contributed by atoms with Gasteiger partial charge in [-0.3, -0.25) is 9.48 Å². The van der Waals surface area contributed by atoms with Crippen molar-refractivity contribution in [1.29, 1.82) is 0 Å². The molecular formula is C19H20ClN3O2. The van der Waals surface area contributed by atoms with Gasteiger partial charge in [0, 0.05) is 5.69 Å². The molecule has 0 unspecified atom stereocenters. The Labute approximate surface area is 151 Å². The summed E-state index contributed by atoms with van der Waals surface area (Å²) in [6, 6.07) is 9.24. The summed E-state index contributed by atoms with van der Waals surface area (Å²) in [4.78, 5) is 12.4. The first-order chi connectivity index (χ1) is 11.8. The average Bonchev–Trinajstić information content (AvgIpc) is 3.13. The van der Waals surface area contributed by atoms with Gasteiger partial charge in [-0.2, -0.15) is 5.10 Å². The van der Waals surface area contributed by atoms with Crippen LogP contribution in [-0.4, -0.2) is 15.7 Å². The summed E-state index contributed by atoms with van der Waals surface area (Å²) >= 11 is 6.16. The average molecular weight is 358 g/mol. The normalized spacial score (nSPS) is 10.9. The first-order valence-electron chi connectivity index (χ1n) is 8.02. The Morgan fingerprint density at radius 3 is 2.56 bits per heavy atom. The zero-order valence-electron chi connectivity index (χ0n) is 14.7. The summed E-state index contributed by atoms with van der Waals surface area (Å²) in [6.45, 7) is 8.23. The minimum Gasteiger partial charge on any atom is -0.454 e. The van der Waals surface area contributed by atoms with Gasteiger partial charge in [0.15, 0.2) is 5.76 Å². The molecule has 5 nitrogen and oxygen atoms in total. The molecule has 25 heavy (non-hydrogen) atoms. The van der Waals surface area contributed by atoms with Gasteiger partial charge in [-0.25, -0.2) is 0 Å². The highest BCUT2D eigenvalue weighted by Crippen LogP contribution is 2.21. The maximum absolute atomic E-state index is 12.4. The van der Waals surface area contributed by atoms with Crippen LogP contribution in [0.25, 0.3) is 0 Å². The third kappa shape index (κ3) is 3.61. The van der Waals surface area contributed by atoms with Gasteiger partial charge in [0.2, 0.25) is 0 Å². The van der Waals surface area contributed by atoms with Gasteiger partial charge >= 0.3 is 0 Å². The number of benzene rings is 1. The fraction of sp³-hybridized carbons (Fsp3) is 0.263. The number of rotatable bonds is 4. The Kier molecular flexibility index (Phi) is 4.68. The number of anilines is 1. The number of hydrogen-bond acceptors (Lipinski definition) is 3. The highest BCUT2D eigenvalue weighted by molar-refractivity contribution is 6.31. The van der Waals surface area contributed by atoms with Crippen LogP contribution in [0.1, 0.15) is 38.8 Å². The van der Waals surface area contributed by atoms with Crippen LogP contribution in [0.2, 0.25) is 5.02 Å². The monoisotopic (exact) mass is 357 g/mol. The topological polar surface area (TPSA) is 60.1 Å². The van der Waals surface area contributed by atoms with Crippen LogP contribution >= 0.6 is 11.6 Å². The Morgan fingerprint density at radius 1 is 1.16 bits per heavy atom. The lowest BCUT2D eigenvalue weighted by atomic mass is 10.1. The molecule has 1 aromatic carbocycles. The predicted octanol–water partition coefficient (Wildman–Crippen LogP) is 4.66. The molecule has 3 rings (SSSR count). The van der Waals surface area contributed by atoms with Crippen molar-refractivity contribution in [2.45, 2.75) is 34.2 Å². The molecule has 1 N–H and O–H groups in total. The zero-order valence-corrected chi connectivity index (χ0v) is 15.4. The van der Waals surface area contributed by atoms with Crippen molar-refractivity contribution < 1.29 is 9.21 Å². The molecule has 0 saturated heterocycles. The lowest BCUT2D eigenvalue weighted by molar-refractivity contribution is 0.0994. The van der Waals surface area contributed by atoms with Crippen LogP contribution in [0, 0.1) is 27.7 Å². The first-order valence-corrected chi connectivity index (χ1v) is 8.40. The van der Waals surface area contributed by atoms with Gasteiger partial charge in [-0.1, -0.05) is 17.7 Å². The van der Waals surface area contributed by atoms with E-state index in [4.69, 9.17) is 16.0 Å². The second-order valence-corrected chi connectivity index (χ2v) is 6.54. The van der Waals surface area contributed by atoms with Crippen molar-refractivity contribution in [1.82, 2.24) is 9.78 Å². The van der Waals surface area contributed by atoms with Crippen LogP contribution in [0.3, 0.4) is 0 Å². The lowest BCUT2D eigenvalue weighted by Gasteiger charge is -2.06. The lowest BCUT2D eigenvalue weighted by Crippen LogP contribution is -2.11. The smallest absolute Gasteiger partial charge is 0.291 e. The minimum atomic E-state index is -0.277. The summed E-state index contributed by atoms with van der Waals surface area (Å²) in [6.07, 6.45) is 0. The van der Waals surface area contributed by atoms with Gasteiger partial charge in [-0.15, -0.1) is 0 Å². The van der Waals surface area contributed by atoms with E-state index in [1.807, 2.05) is 45.9 Å². The highest BCUT2D eigenvalue weighted by Gasteiger charge is 2.14. The molecule has 3 aromatic rings. The van der Waals surface area contributed by atoms with E-state index in [9.17, 15) is 4.79 Å². The van der Waals surface area contributed by atoms with E-state index in [2.05, 4.69) is 10.4 Å². The summed E-state index contributed by atoms with van der Waals surface area (Å²) in [7, 11) is 0. The first kappa shape index (κ1) is 17.3. The van der Waals surface area contributed by atoms with Gasteiger partial charge < -0.3 is 9.73 Å². The van der Waals surface area contributed by atoms with Crippen molar-refractivity contribution in [3.05, 3.63) is 69.4 Å². The summed E-state index contributed by atoms with van der Waals surface area (Å²) in [5.41, 5.74) is 4.70. The molecule has 0 aliphatic carbocycles. The number of furan rings is 1. The molecule has 0 radical (unpaired) electrons. The molecule has 2 heterocycles. The fourth-order valence-electron chi connectivity index (χ4n) is 2.57. The SMILES string of the molecule is Cc1ccc(NC(=O)c2ccc(Cn3nc(C)c(Cl)c3C)o2)cc1C. The number of aromatic nitrogens is 2. The van der Waals surface area contributed by atoms with E-state index in [-0.39, 0.29) is 11.7 Å². The van der Waals surface area contributed by atoms with Crippen LogP contribution < -0.4 is 5.32 Å². The number of carbonyl (C=O) groups excluding carboxylic acids is 1. The summed E-state index contributed by atoms with van der Waals surface area (Å²) < 4.78 is 7.43. The molecule has 0 fully saturated rings. The third-order valence-electron chi connectivity index (χ3n) is 4.25. The Hall–Kier alpha value is -2.53. The second-order valence-electron chi connectivity index (χ2n) is 6.16. The second kappa shape index (κ2) is 6.76. The van der Waals surface area contributed by atoms with Crippen LogP contribution in [-0.2, 0) is 6.54 Å². The van der Waals surface area contributed by atoms with Crippen LogP contribution in [0.15, 0.2) is 34.7 Å². The van der Waals surface area contributed by atoms with Gasteiger partial charge in [-0.05, 0) is 63.1 Å².